The molecule has 8 heteroatoms. The van der Waals surface area contributed by atoms with Crippen molar-refractivity contribution in [2.75, 3.05) is 10.6 Å². The molecule has 0 spiro atoms. The molecule has 2 N–H and O–H groups in total. The normalized spacial score (nSPS) is 10.5. The molecule has 4 nitrogen and oxygen atoms in total. The number of halogens is 3. The predicted octanol–water partition coefficient (Wildman–Crippen LogP) is 5.19. The molecule has 0 saturated carbocycles. The van der Waals surface area contributed by atoms with Gasteiger partial charge in [0.2, 0.25) is 0 Å². The third-order valence-corrected chi connectivity index (χ3v) is 4.11. The van der Waals surface area contributed by atoms with Gasteiger partial charge < -0.3 is 10.6 Å². The first-order valence-corrected chi connectivity index (χ1v) is 8.46. The maximum Gasteiger partial charge on any atom is 0.175 e. The molecule has 0 atom stereocenters. The highest BCUT2D eigenvalue weighted by Crippen LogP contribution is 2.19. The molecule has 0 saturated heterocycles. The van der Waals surface area contributed by atoms with Gasteiger partial charge in [0.15, 0.2) is 5.11 Å². The SMILES string of the molecule is Fc1ccc(Cn2cc(NC(=S)Nc3cccc(Cl)c3)cn2)c(Cl)c1. The lowest BCUT2D eigenvalue weighted by Crippen LogP contribution is -2.18. The maximum atomic E-state index is 13.1. The Balaban J connectivity index is 1.62. The Morgan fingerprint density at radius 1 is 1.12 bits per heavy atom. The van der Waals surface area contributed by atoms with E-state index in [0.717, 1.165) is 16.9 Å². The van der Waals surface area contributed by atoms with Crippen molar-refractivity contribution in [2.24, 2.45) is 0 Å². The van der Waals surface area contributed by atoms with E-state index < -0.39 is 0 Å². The maximum absolute atomic E-state index is 13.1. The molecule has 0 aliphatic heterocycles. The summed E-state index contributed by atoms with van der Waals surface area (Å²) in [6, 6.07) is 11.5. The van der Waals surface area contributed by atoms with Crippen LogP contribution in [0.2, 0.25) is 10.0 Å². The van der Waals surface area contributed by atoms with Crippen LogP contribution in [0.3, 0.4) is 0 Å². The van der Waals surface area contributed by atoms with Crippen LogP contribution in [0.25, 0.3) is 0 Å². The van der Waals surface area contributed by atoms with Crippen molar-refractivity contribution >= 4 is 51.9 Å². The highest BCUT2D eigenvalue weighted by Gasteiger charge is 2.06. The second-order valence-corrected chi connectivity index (χ2v) is 6.50. The second kappa shape index (κ2) is 7.82. The molecule has 0 bridgehead atoms. The lowest BCUT2D eigenvalue weighted by molar-refractivity contribution is 0.624. The number of benzene rings is 2. The molecule has 0 radical (unpaired) electrons. The Labute approximate surface area is 159 Å². The van der Waals surface area contributed by atoms with Crippen molar-refractivity contribution in [3.8, 4) is 0 Å². The third-order valence-electron chi connectivity index (χ3n) is 3.32. The summed E-state index contributed by atoms with van der Waals surface area (Å²) in [6.07, 6.45) is 3.43. The second-order valence-electron chi connectivity index (χ2n) is 5.25. The van der Waals surface area contributed by atoms with Crippen molar-refractivity contribution in [3.05, 3.63) is 76.3 Å². The quantitative estimate of drug-likeness (QED) is 0.597. The average Bonchev–Trinajstić information content (AvgIpc) is 2.97. The molecule has 128 valence electrons. The van der Waals surface area contributed by atoms with Crippen molar-refractivity contribution in [1.29, 1.82) is 0 Å². The van der Waals surface area contributed by atoms with E-state index in [1.165, 1.54) is 12.1 Å². The van der Waals surface area contributed by atoms with E-state index in [9.17, 15) is 4.39 Å². The van der Waals surface area contributed by atoms with Gasteiger partial charge in [0.05, 0.1) is 18.4 Å². The zero-order valence-corrected chi connectivity index (χ0v) is 15.2. The summed E-state index contributed by atoms with van der Waals surface area (Å²) in [7, 11) is 0. The molecule has 0 aliphatic rings. The van der Waals surface area contributed by atoms with Crippen LogP contribution in [-0.2, 0) is 6.54 Å². The van der Waals surface area contributed by atoms with Crippen LogP contribution in [0.1, 0.15) is 5.56 Å². The molecule has 2 aromatic carbocycles. The predicted molar refractivity (Wildman–Crippen MR) is 104 cm³/mol. The van der Waals surface area contributed by atoms with E-state index in [2.05, 4.69) is 15.7 Å². The van der Waals surface area contributed by atoms with Crippen LogP contribution in [-0.4, -0.2) is 14.9 Å². The molecule has 0 fully saturated rings. The molecule has 0 aliphatic carbocycles. The molecule has 0 amide bonds. The van der Waals surface area contributed by atoms with E-state index in [4.69, 9.17) is 35.4 Å². The van der Waals surface area contributed by atoms with Gasteiger partial charge >= 0.3 is 0 Å². The van der Waals surface area contributed by atoms with Gasteiger partial charge in [-0.25, -0.2) is 4.39 Å². The average molecular weight is 395 g/mol. The molecule has 1 heterocycles. The summed E-state index contributed by atoms with van der Waals surface area (Å²) in [6.45, 7) is 0.426. The van der Waals surface area contributed by atoms with Crippen molar-refractivity contribution in [3.63, 3.8) is 0 Å². The Morgan fingerprint density at radius 3 is 2.68 bits per heavy atom. The van der Waals surface area contributed by atoms with Gasteiger partial charge in [-0.15, -0.1) is 0 Å². The monoisotopic (exact) mass is 394 g/mol. The van der Waals surface area contributed by atoms with Gasteiger partial charge in [0, 0.05) is 21.9 Å². The van der Waals surface area contributed by atoms with Gasteiger partial charge in [0.1, 0.15) is 5.82 Å². The summed E-state index contributed by atoms with van der Waals surface area (Å²) >= 11 is 17.2. The Kier molecular flexibility index (Phi) is 5.53. The van der Waals surface area contributed by atoms with Gasteiger partial charge in [-0.05, 0) is 48.1 Å². The van der Waals surface area contributed by atoms with E-state index in [0.29, 0.717) is 21.7 Å². The first-order valence-electron chi connectivity index (χ1n) is 7.29. The van der Waals surface area contributed by atoms with Crippen LogP contribution in [0, 0.1) is 5.82 Å². The summed E-state index contributed by atoms with van der Waals surface area (Å²) in [5, 5.41) is 11.7. The number of aromatic nitrogens is 2. The molecule has 3 rings (SSSR count). The largest absolute Gasteiger partial charge is 0.332 e. The number of thiocarbonyl (C=S) groups is 1. The van der Waals surface area contributed by atoms with E-state index in [1.54, 1.807) is 35.3 Å². The van der Waals surface area contributed by atoms with Crippen molar-refractivity contribution < 1.29 is 4.39 Å². The lowest BCUT2D eigenvalue weighted by Gasteiger charge is -2.09. The fourth-order valence-corrected chi connectivity index (χ4v) is 2.85. The van der Waals surface area contributed by atoms with Gasteiger partial charge in [-0.3, -0.25) is 4.68 Å². The number of nitrogens with one attached hydrogen (secondary N) is 2. The van der Waals surface area contributed by atoms with Crippen molar-refractivity contribution in [2.45, 2.75) is 6.54 Å². The topological polar surface area (TPSA) is 41.9 Å². The third kappa shape index (κ3) is 4.92. The van der Waals surface area contributed by atoms with E-state index in [-0.39, 0.29) is 5.82 Å². The van der Waals surface area contributed by atoms with Crippen LogP contribution in [0.15, 0.2) is 54.9 Å². The number of hydrogen-bond acceptors (Lipinski definition) is 2. The number of anilines is 2. The number of nitrogens with zero attached hydrogens (tertiary/aromatic N) is 2. The minimum Gasteiger partial charge on any atom is -0.332 e. The smallest absolute Gasteiger partial charge is 0.175 e. The summed E-state index contributed by atoms with van der Waals surface area (Å²) < 4.78 is 14.8. The summed E-state index contributed by atoms with van der Waals surface area (Å²) in [4.78, 5) is 0. The first-order chi connectivity index (χ1) is 12.0. The van der Waals surface area contributed by atoms with Gasteiger partial charge in [-0.2, -0.15) is 5.10 Å². The minimum absolute atomic E-state index is 0.364. The number of hydrogen-bond donors (Lipinski definition) is 2. The zero-order valence-electron chi connectivity index (χ0n) is 12.8. The summed E-state index contributed by atoms with van der Waals surface area (Å²) in [5.41, 5.74) is 2.28. The molecule has 1 aromatic heterocycles. The number of rotatable bonds is 4. The zero-order chi connectivity index (χ0) is 17.8. The van der Waals surface area contributed by atoms with E-state index in [1.807, 2.05) is 12.1 Å². The lowest BCUT2D eigenvalue weighted by atomic mass is 10.2. The molecule has 3 aromatic rings. The van der Waals surface area contributed by atoms with Crippen molar-refractivity contribution in [1.82, 2.24) is 9.78 Å². The summed E-state index contributed by atoms with van der Waals surface area (Å²) in [5.74, 6) is -0.367. The Bertz CT molecular complexity index is 913. The van der Waals surface area contributed by atoms with Crippen LogP contribution in [0.5, 0.6) is 0 Å². The van der Waals surface area contributed by atoms with E-state index >= 15 is 0 Å². The molecular weight excluding hydrogens is 382 g/mol. The molecule has 0 unspecified atom stereocenters. The standard InChI is InChI=1S/C17H13Cl2FN4S/c18-12-2-1-3-14(6-12)22-17(25)23-15-8-21-24(10-15)9-11-4-5-13(20)7-16(11)19/h1-8,10H,9H2,(H2,22,23,25). The Hall–Kier alpha value is -2.15. The molecular formula is C17H13Cl2FN4S. The van der Waals surface area contributed by atoms with Crippen LogP contribution >= 0.6 is 35.4 Å². The highest BCUT2D eigenvalue weighted by molar-refractivity contribution is 7.80. The van der Waals surface area contributed by atoms with Crippen LogP contribution < -0.4 is 10.6 Å². The fraction of sp³-hybridized carbons (Fsp3) is 0.0588. The fourth-order valence-electron chi connectivity index (χ4n) is 2.20. The Morgan fingerprint density at radius 2 is 1.92 bits per heavy atom. The highest BCUT2D eigenvalue weighted by atomic mass is 35.5. The van der Waals surface area contributed by atoms with Crippen LogP contribution in [0.4, 0.5) is 15.8 Å². The first kappa shape index (κ1) is 17.7. The molecule has 25 heavy (non-hydrogen) atoms. The van der Waals surface area contributed by atoms with Gasteiger partial charge in [0.25, 0.3) is 0 Å². The van der Waals surface area contributed by atoms with Gasteiger partial charge in [-0.1, -0.05) is 35.3 Å². The minimum atomic E-state index is -0.367.